The first-order valence-electron chi connectivity index (χ1n) is 2.77. The van der Waals surface area contributed by atoms with Crippen molar-refractivity contribution in [2.45, 2.75) is 26.1 Å². The second kappa shape index (κ2) is 3.62. The van der Waals surface area contributed by atoms with Gasteiger partial charge in [0.2, 0.25) is 0 Å². The van der Waals surface area contributed by atoms with Gasteiger partial charge in [0.15, 0.2) is 0 Å². The summed E-state index contributed by atoms with van der Waals surface area (Å²) in [7, 11) is 0.464. The van der Waals surface area contributed by atoms with E-state index in [0.717, 1.165) is 0 Å². The Morgan fingerprint density at radius 2 is 2.00 bits per heavy atom. The van der Waals surface area contributed by atoms with E-state index in [1.54, 1.807) is 0 Å². The molecule has 0 aliphatic rings. The summed E-state index contributed by atoms with van der Waals surface area (Å²) in [5.74, 6) is 0. The van der Waals surface area contributed by atoms with Crippen molar-refractivity contribution in [3.63, 3.8) is 0 Å². The summed E-state index contributed by atoms with van der Waals surface area (Å²) in [5.41, 5.74) is 0. The lowest BCUT2D eigenvalue weighted by atomic mass is 11.0. The Morgan fingerprint density at radius 3 is 2.00 bits per heavy atom. The van der Waals surface area contributed by atoms with Gasteiger partial charge in [-0.05, 0) is 0 Å². The summed E-state index contributed by atoms with van der Waals surface area (Å²) in [5, 5.41) is 0. The Morgan fingerprint density at radius 1 is 1.50 bits per heavy atom. The summed E-state index contributed by atoms with van der Waals surface area (Å²) in [6.07, 6.45) is 0. The van der Waals surface area contributed by atoms with Crippen LogP contribution in [0.2, 0.25) is 19.1 Å². The van der Waals surface area contributed by atoms with Crippen LogP contribution in [0, 0.1) is 0 Å². The van der Waals surface area contributed by atoms with E-state index in [0.29, 0.717) is 9.04 Å². The maximum absolute atomic E-state index is 2.45. The molecule has 0 nitrogen and oxygen atoms in total. The molecule has 0 aromatic heterocycles. The first-order chi connectivity index (χ1) is 2.77. The molecule has 0 fully saturated rings. The van der Waals surface area contributed by atoms with Crippen LogP contribution in [-0.4, -0.2) is 17.4 Å². The van der Waals surface area contributed by atoms with Gasteiger partial charge in [-0.3, -0.25) is 0 Å². The van der Waals surface area contributed by atoms with Crippen LogP contribution in [-0.2, 0) is 0 Å². The molecular weight excluding hydrogens is 104 g/mol. The van der Waals surface area contributed by atoms with Crippen LogP contribution in [0.4, 0.5) is 0 Å². The van der Waals surface area contributed by atoms with Crippen molar-refractivity contribution in [2.75, 3.05) is 0 Å². The Hall–Kier alpha value is 0.434. The summed E-state index contributed by atoms with van der Waals surface area (Å²) < 4.78 is 0. The summed E-state index contributed by atoms with van der Waals surface area (Å²) in [6.45, 7) is 7.23. The first-order valence-corrected chi connectivity index (χ1v) is 9.35. The van der Waals surface area contributed by atoms with Crippen LogP contribution in [0.3, 0.4) is 0 Å². The minimum Gasteiger partial charge on any atom is -0.0745 e. The van der Waals surface area contributed by atoms with Crippen molar-refractivity contribution in [1.29, 1.82) is 0 Å². The van der Waals surface area contributed by atoms with Gasteiger partial charge in [-0.1, -0.05) is 26.1 Å². The third kappa shape index (κ3) is 4.43. The zero-order valence-corrected chi connectivity index (χ0v) is 7.56. The molecule has 0 aliphatic carbocycles. The van der Waals surface area contributed by atoms with Crippen LogP contribution in [0.5, 0.6) is 0 Å². The van der Waals surface area contributed by atoms with E-state index in [1.165, 1.54) is 6.04 Å². The van der Waals surface area contributed by atoms with Gasteiger partial charge >= 0.3 is 0 Å². The fourth-order valence-corrected chi connectivity index (χ4v) is 5.20. The van der Waals surface area contributed by atoms with Gasteiger partial charge in [0.1, 0.15) is 0 Å². The zero-order chi connectivity index (χ0) is 4.99. The third-order valence-electron chi connectivity index (χ3n) is 0.866. The molecular formula is C4H14Si2. The van der Waals surface area contributed by atoms with Crippen molar-refractivity contribution in [3.05, 3.63) is 0 Å². The third-order valence-corrected chi connectivity index (χ3v) is 7.79. The van der Waals surface area contributed by atoms with Crippen LogP contribution in [0.15, 0.2) is 0 Å². The van der Waals surface area contributed by atoms with Crippen molar-refractivity contribution >= 4 is 17.4 Å². The second-order valence-corrected chi connectivity index (χ2v) is 13.2. The molecule has 0 atom stereocenters. The van der Waals surface area contributed by atoms with Gasteiger partial charge < -0.3 is 0 Å². The lowest BCUT2D eigenvalue weighted by molar-refractivity contribution is 1.47. The quantitative estimate of drug-likeness (QED) is 0.465. The van der Waals surface area contributed by atoms with E-state index in [9.17, 15) is 0 Å². The molecule has 0 N–H and O–H groups in total. The fourth-order valence-electron chi connectivity index (χ4n) is 0.577. The lowest BCUT2D eigenvalue weighted by Crippen LogP contribution is -2.09. The molecule has 2 heteroatoms. The summed E-state index contributed by atoms with van der Waals surface area (Å²) in [6, 6.07) is 1.53. The highest BCUT2D eigenvalue weighted by atomic mass is 29.2. The standard InChI is InChI=1S/C4H14Si2/c1-4-5-6(2)3/h6H,4-5H2,1-3H3. The van der Waals surface area contributed by atoms with E-state index in [2.05, 4.69) is 20.0 Å². The molecule has 0 bridgehead atoms. The molecule has 0 aliphatic heterocycles. The molecule has 0 amide bonds. The smallest absolute Gasteiger partial charge is 0.0180 e. The van der Waals surface area contributed by atoms with Gasteiger partial charge in [0, 0.05) is 17.4 Å². The fraction of sp³-hybridized carbons (Fsp3) is 1.00. The maximum atomic E-state index is 2.45. The molecule has 0 heterocycles. The predicted molar refractivity (Wildman–Crippen MR) is 37.9 cm³/mol. The lowest BCUT2D eigenvalue weighted by Gasteiger charge is -1.92. The largest absolute Gasteiger partial charge is 0.0745 e. The van der Waals surface area contributed by atoms with E-state index in [-0.39, 0.29) is 8.31 Å². The maximum Gasteiger partial charge on any atom is 0.0180 e. The molecule has 0 spiro atoms. The second-order valence-electron chi connectivity index (χ2n) is 2.18. The van der Waals surface area contributed by atoms with E-state index < -0.39 is 0 Å². The van der Waals surface area contributed by atoms with Crippen molar-refractivity contribution < 1.29 is 0 Å². The first kappa shape index (κ1) is 6.43. The van der Waals surface area contributed by atoms with Crippen LogP contribution in [0.1, 0.15) is 6.92 Å². The average molecular weight is 118 g/mol. The highest BCUT2D eigenvalue weighted by Crippen LogP contribution is 1.79. The number of hydrogen-bond donors (Lipinski definition) is 0. The highest BCUT2D eigenvalue weighted by Gasteiger charge is 1.89. The minimum atomic E-state index is -0.0316. The van der Waals surface area contributed by atoms with Crippen molar-refractivity contribution in [3.8, 4) is 0 Å². The van der Waals surface area contributed by atoms with Gasteiger partial charge in [-0.25, -0.2) is 0 Å². The van der Waals surface area contributed by atoms with Gasteiger partial charge in [0.25, 0.3) is 0 Å². The molecule has 0 saturated heterocycles. The summed E-state index contributed by atoms with van der Waals surface area (Å²) >= 11 is 0. The topological polar surface area (TPSA) is 0 Å². The van der Waals surface area contributed by atoms with Gasteiger partial charge in [-0.2, -0.15) is 0 Å². The van der Waals surface area contributed by atoms with E-state index in [1.807, 2.05) is 0 Å². The Balaban J connectivity index is 2.63. The molecule has 38 valence electrons. The SMILES string of the molecule is CC[SiH2][SiH](C)C. The van der Waals surface area contributed by atoms with Crippen LogP contribution < -0.4 is 0 Å². The Labute approximate surface area is 44.2 Å². The van der Waals surface area contributed by atoms with Gasteiger partial charge in [-0.15, -0.1) is 0 Å². The molecule has 0 saturated carbocycles. The van der Waals surface area contributed by atoms with Crippen molar-refractivity contribution in [2.24, 2.45) is 0 Å². The van der Waals surface area contributed by atoms with Crippen LogP contribution in [0.25, 0.3) is 0 Å². The molecule has 6 heavy (non-hydrogen) atoms. The number of hydrogen-bond acceptors (Lipinski definition) is 0. The van der Waals surface area contributed by atoms with Gasteiger partial charge in [0.05, 0.1) is 0 Å². The molecule has 0 aromatic rings. The summed E-state index contributed by atoms with van der Waals surface area (Å²) in [4.78, 5) is 0. The number of rotatable bonds is 2. The van der Waals surface area contributed by atoms with E-state index in [4.69, 9.17) is 0 Å². The highest BCUT2D eigenvalue weighted by molar-refractivity contribution is 7.11. The molecule has 0 unspecified atom stereocenters. The Bertz CT molecular complexity index is 26.7. The molecule has 0 aromatic carbocycles. The monoisotopic (exact) mass is 118 g/mol. The van der Waals surface area contributed by atoms with E-state index >= 15 is 0 Å². The molecule has 0 radical (unpaired) electrons. The minimum absolute atomic E-state index is 0.0316. The predicted octanol–water partition coefficient (Wildman–Crippen LogP) is 0.577. The Kier molecular flexibility index (Phi) is 3.88. The average Bonchev–Trinajstić information content (AvgIpc) is 1.35. The zero-order valence-electron chi connectivity index (χ0n) is 4.99. The normalized spacial score (nSPS) is 12.0. The molecule has 0 rings (SSSR count). The van der Waals surface area contributed by atoms with Crippen molar-refractivity contribution in [1.82, 2.24) is 0 Å². The van der Waals surface area contributed by atoms with Crippen LogP contribution >= 0.6 is 0 Å².